The van der Waals surface area contributed by atoms with Gasteiger partial charge in [0.2, 0.25) is 0 Å². The molecule has 7 nitrogen and oxygen atoms in total. The minimum Gasteiger partial charge on any atom is -0.480 e. The molecule has 1 aromatic rings. The van der Waals surface area contributed by atoms with E-state index in [4.69, 9.17) is 5.11 Å². The standard InChI is InChI=1S/C8H9N3O4/c12-8(13)7(5-1-2-5)10-4-3-6(9-10)11(14)15/h3-5,7H,1-2H2,(H,12,13). The first-order valence-electron chi connectivity index (χ1n) is 4.52. The van der Waals surface area contributed by atoms with Crippen LogP contribution in [-0.4, -0.2) is 25.8 Å². The fourth-order valence-electron chi connectivity index (χ4n) is 1.52. The van der Waals surface area contributed by atoms with Gasteiger partial charge in [-0.05, 0) is 23.7 Å². The Labute approximate surface area is 84.5 Å². The highest BCUT2D eigenvalue weighted by Crippen LogP contribution is 2.39. The van der Waals surface area contributed by atoms with Crippen molar-refractivity contribution in [2.24, 2.45) is 5.92 Å². The van der Waals surface area contributed by atoms with Gasteiger partial charge in [0.05, 0.1) is 17.4 Å². The fourth-order valence-corrected chi connectivity index (χ4v) is 1.52. The van der Waals surface area contributed by atoms with Crippen LogP contribution in [0.1, 0.15) is 18.9 Å². The zero-order valence-corrected chi connectivity index (χ0v) is 7.74. The summed E-state index contributed by atoms with van der Waals surface area (Å²) in [7, 11) is 0. The average Bonchev–Trinajstić information content (AvgIpc) is 2.81. The SMILES string of the molecule is O=C(O)C(C1CC1)n1ccc([N+](=O)[O-])n1. The molecule has 0 amide bonds. The monoisotopic (exact) mass is 211 g/mol. The maximum Gasteiger partial charge on any atom is 0.389 e. The van der Waals surface area contributed by atoms with Gasteiger partial charge in [-0.25, -0.2) is 4.79 Å². The van der Waals surface area contributed by atoms with Crippen LogP contribution < -0.4 is 0 Å². The highest BCUT2D eigenvalue weighted by atomic mass is 16.6. The molecule has 1 atom stereocenters. The summed E-state index contributed by atoms with van der Waals surface area (Å²) in [6, 6.07) is 0.442. The molecule has 0 spiro atoms. The predicted molar refractivity (Wildman–Crippen MR) is 48.3 cm³/mol. The van der Waals surface area contributed by atoms with Gasteiger partial charge < -0.3 is 15.2 Å². The van der Waals surface area contributed by atoms with E-state index in [1.807, 2.05) is 0 Å². The second-order valence-corrected chi connectivity index (χ2v) is 3.53. The lowest BCUT2D eigenvalue weighted by atomic mass is 10.2. The molecule has 1 heterocycles. The average molecular weight is 211 g/mol. The van der Waals surface area contributed by atoms with Crippen LogP contribution in [0.25, 0.3) is 0 Å². The van der Waals surface area contributed by atoms with Crippen LogP contribution in [0.15, 0.2) is 12.3 Å². The highest BCUT2D eigenvalue weighted by molar-refractivity contribution is 5.72. The molecule has 1 N–H and O–H groups in total. The van der Waals surface area contributed by atoms with Crippen molar-refractivity contribution < 1.29 is 14.8 Å². The lowest BCUT2D eigenvalue weighted by Gasteiger charge is -2.06. The summed E-state index contributed by atoms with van der Waals surface area (Å²) in [6.45, 7) is 0. The molecule has 0 bridgehead atoms. The zero-order valence-electron chi connectivity index (χ0n) is 7.74. The smallest absolute Gasteiger partial charge is 0.389 e. The maximum atomic E-state index is 10.9. The number of hydrogen-bond donors (Lipinski definition) is 1. The van der Waals surface area contributed by atoms with Crippen molar-refractivity contribution in [3.05, 3.63) is 22.4 Å². The van der Waals surface area contributed by atoms with E-state index in [0.29, 0.717) is 0 Å². The summed E-state index contributed by atoms with van der Waals surface area (Å²) in [4.78, 5) is 20.7. The number of hydrogen-bond acceptors (Lipinski definition) is 4. The molecule has 1 fully saturated rings. The van der Waals surface area contributed by atoms with Crippen molar-refractivity contribution in [2.45, 2.75) is 18.9 Å². The lowest BCUT2D eigenvalue weighted by molar-refractivity contribution is -0.389. The van der Waals surface area contributed by atoms with Gasteiger partial charge in [-0.1, -0.05) is 0 Å². The first-order chi connectivity index (χ1) is 7.09. The third-order valence-corrected chi connectivity index (χ3v) is 2.39. The molecule has 7 heteroatoms. The predicted octanol–water partition coefficient (Wildman–Crippen LogP) is 0.827. The molecular weight excluding hydrogens is 202 g/mol. The Morgan fingerprint density at radius 2 is 2.40 bits per heavy atom. The Hall–Kier alpha value is -1.92. The molecule has 1 aliphatic carbocycles. The summed E-state index contributed by atoms with van der Waals surface area (Å²) >= 11 is 0. The van der Waals surface area contributed by atoms with Gasteiger partial charge in [0.15, 0.2) is 6.04 Å². The minimum absolute atomic E-state index is 0.0574. The van der Waals surface area contributed by atoms with E-state index < -0.39 is 16.9 Å². The van der Waals surface area contributed by atoms with Crippen LogP contribution in [0.3, 0.4) is 0 Å². The molecule has 15 heavy (non-hydrogen) atoms. The summed E-state index contributed by atoms with van der Waals surface area (Å²) in [5, 5.41) is 23.0. The Morgan fingerprint density at radius 1 is 1.73 bits per heavy atom. The number of carbonyl (C=O) groups is 1. The molecule has 1 unspecified atom stereocenters. The van der Waals surface area contributed by atoms with Crippen molar-refractivity contribution >= 4 is 11.8 Å². The van der Waals surface area contributed by atoms with Gasteiger partial charge in [-0.3, -0.25) is 0 Å². The molecule has 0 saturated heterocycles. The van der Waals surface area contributed by atoms with Gasteiger partial charge in [0.1, 0.15) is 0 Å². The molecule has 0 aliphatic heterocycles. The van der Waals surface area contributed by atoms with Crippen molar-refractivity contribution in [1.29, 1.82) is 0 Å². The van der Waals surface area contributed by atoms with Gasteiger partial charge in [-0.15, -0.1) is 0 Å². The van der Waals surface area contributed by atoms with E-state index in [0.717, 1.165) is 17.5 Å². The number of rotatable bonds is 4. The maximum absolute atomic E-state index is 10.9. The summed E-state index contributed by atoms with van der Waals surface area (Å²) < 4.78 is 1.16. The van der Waals surface area contributed by atoms with E-state index >= 15 is 0 Å². The van der Waals surface area contributed by atoms with Crippen LogP contribution in [-0.2, 0) is 4.79 Å². The van der Waals surface area contributed by atoms with Gasteiger partial charge in [0, 0.05) is 0 Å². The number of nitrogens with zero attached hydrogens (tertiary/aromatic N) is 3. The normalized spacial score (nSPS) is 17.3. The third kappa shape index (κ3) is 1.80. The first-order valence-corrected chi connectivity index (χ1v) is 4.52. The third-order valence-electron chi connectivity index (χ3n) is 2.39. The lowest BCUT2D eigenvalue weighted by Crippen LogP contribution is -2.21. The van der Waals surface area contributed by atoms with E-state index in [2.05, 4.69) is 5.10 Å². The van der Waals surface area contributed by atoms with E-state index in [1.165, 1.54) is 12.3 Å². The summed E-state index contributed by atoms with van der Waals surface area (Å²) in [6.07, 6.45) is 3.02. The number of nitro groups is 1. The van der Waals surface area contributed by atoms with Crippen LogP contribution in [0.4, 0.5) is 5.82 Å². The van der Waals surface area contributed by atoms with Crippen LogP contribution in [0.5, 0.6) is 0 Å². The van der Waals surface area contributed by atoms with Gasteiger partial charge in [0.25, 0.3) is 0 Å². The Kier molecular flexibility index (Phi) is 2.14. The topological polar surface area (TPSA) is 98.3 Å². The van der Waals surface area contributed by atoms with E-state index in [-0.39, 0.29) is 11.7 Å². The van der Waals surface area contributed by atoms with Crippen molar-refractivity contribution in [3.8, 4) is 0 Å². The molecule has 2 rings (SSSR count). The highest BCUT2D eigenvalue weighted by Gasteiger charge is 2.40. The fraction of sp³-hybridized carbons (Fsp3) is 0.500. The molecule has 0 aromatic carbocycles. The Bertz CT molecular complexity index is 410. The number of carboxylic acid groups (broad SMARTS) is 1. The molecular formula is C8H9N3O4. The number of carboxylic acids is 1. The zero-order chi connectivity index (χ0) is 11.0. The molecule has 80 valence electrons. The van der Waals surface area contributed by atoms with Crippen LogP contribution in [0, 0.1) is 16.0 Å². The van der Waals surface area contributed by atoms with Crippen molar-refractivity contribution in [2.75, 3.05) is 0 Å². The Balaban J connectivity index is 2.25. The number of aromatic nitrogens is 2. The molecule has 1 aromatic heterocycles. The molecule has 1 aliphatic rings. The molecule has 1 saturated carbocycles. The molecule has 0 radical (unpaired) electrons. The van der Waals surface area contributed by atoms with Crippen molar-refractivity contribution in [1.82, 2.24) is 9.78 Å². The van der Waals surface area contributed by atoms with Gasteiger partial charge in [-0.2, -0.15) is 4.68 Å². The minimum atomic E-state index is -0.990. The van der Waals surface area contributed by atoms with E-state index in [9.17, 15) is 14.9 Å². The van der Waals surface area contributed by atoms with Crippen LogP contribution in [0.2, 0.25) is 0 Å². The second kappa shape index (κ2) is 3.34. The number of aliphatic carboxylic acids is 1. The van der Waals surface area contributed by atoms with Gasteiger partial charge >= 0.3 is 11.8 Å². The first kappa shape index (κ1) is 9.63. The summed E-state index contributed by atoms with van der Waals surface area (Å²) in [5.41, 5.74) is 0. The Morgan fingerprint density at radius 3 is 2.80 bits per heavy atom. The summed E-state index contributed by atoms with van der Waals surface area (Å²) in [5.74, 6) is -1.25. The van der Waals surface area contributed by atoms with E-state index in [1.54, 1.807) is 0 Å². The van der Waals surface area contributed by atoms with Crippen LogP contribution >= 0.6 is 0 Å². The van der Waals surface area contributed by atoms with Crippen molar-refractivity contribution in [3.63, 3.8) is 0 Å². The quantitative estimate of drug-likeness (QED) is 0.587. The second-order valence-electron chi connectivity index (χ2n) is 3.53. The largest absolute Gasteiger partial charge is 0.480 e.